The molecule has 3 aromatic carbocycles. The average molecular weight is 632 g/mol. The predicted octanol–water partition coefficient (Wildman–Crippen LogP) is 5.41. The Hall–Kier alpha value is -5.94. The van der Waals surface area contributed by atoms with Crippen LogP contribution < -0.4 is 20.1 Å². The van der Waals surface area contributed by atoms with E-state index in [4.69, 9.17) is 0 Å². The Morgan fingerprint density at radius 2 is 1.38 bits per heavy atom. The van der Waals surface area contributed by atoms with Gasteiger partial charge >= 0.3 is 12.7 Å². The van der Waals surface area contributed by atoms with Crippen LogP contribution in [0.3, 0.4) is 0 Å². The summed E-state index contributed by atoms with van der Waals surface area (Å²) in [6, 6.07) is 16.9. The van der Waals surface area contributed by atoms with Crippen LogP contribution in [0.4, 0.5) is 38.0 Å². The number of anilines is 2. The number of hydrogen-bond donors (Lipinski definition) is 3. The van der Waals surface area contributed by atoms with E-state index in [-0.39, 0.29) is 35.1 Å². The Bertz CT molecular complexity index is 1770. The molecule has 0 fully saturated rings. The highest BCUT2D eigenvalue weighted by Gasteiger charge is 2.32. The molecule has 0 atom stereocenters. The molecule has 0 saturated heterocycles. The minimum Gasteiger partial charge on any atom is -0.406 e. The third-order valence-electron chi connectivity index (χ3n) is 5.86. The van der Waals surface area contributed by atoms with Gasteiger partial charge in [0.15, 0.2) is 0 Å². The zero-order valence-electron chi connectivity index (χ0n) is 22.3. The summed E-state index contributed by atoms with van der Waals surface area (Å²) < 4.78 is 84.2. The molecule has 0 bridgehead atoms. The summed E-state index contributed by atoms with van der Waals surface area (Å²) >= 11 is 0. The summed E-state index contributed by atoms with van der Waals surface area (Å²) in [5.74, 6) is -2.16. The normalized spacial score (nSPS) is 11.6. The first-order valence-electron chi connectivity index (χ1n) is 12.6. The lowest BCUT2D eigenvalue weighted by atomic mass is 10.1. The molecule has 0 saturated carbocycles. The summed E-state index contributed by atoms with van der Waals surface area (Å²) in [7, 11) is 0. The van der Waals surface area contributed by atoms with E-state index in [1.165, 1.54) is 47.1 Å². The van der Waals surface area contributed by atoms with E-state index in [9.17, 15) is 35.9 Å². The molecule has 2 aromatic heterocycles. The molecule has 0 aliphatic heterocycles. The van der Waals surface area contributed by atoms with Gasteiger partial charge in [-0.25, -0.2) is 0 Å². The maximum absolute atomic E-state index is 13.3. The van der Waals surface area contributed by atoms with Gasteiger partial charge in [0.1, 0.15) is 17.2 Å². The predicted molar refractivity (Wildman–Crippen MR) is 143 cm³/mol. The quantitative estimate of drug-likeness (QED) is 0.183. The van der Waals surface area contributed by atoms with Gasteiger partial charge in [-0.1, -0.05) is 17.2 Å². The van der Waals surface area contributed by atoms with Crippen molar-refractivity contribution < 1.29 is 45.4 Å². The van der Waals surface area contributed by atoms with Crippen LogP contribution >= 0.6 is 0 Å². The van der Waals surface area contributed by atoms with E-state index in [1.54, 1.807) is 12.1 Å². The van der Waals surface area contributed by atoms with Crippen molar-refractivity contribution in [3.63, 3.8) is 0 Å². The van der Waals surface area contributed by atoms with Gasteiger partial charge in [-0.05, 0) is 77.5 Å². The van der Waals surface area contributed by atoms with Crippen molar-refractivity contribution in [3.05, 3.63) is 95.7 Å². The lowest BCUT2D eigenvalue weighted by Crippen LogP contribution is -2.19. The van der Waals surface area contributed by atoms with Crippen molar-refractivity contribution in [3.8, 4) is 22.8 Å². The zero-order chi connectivity index (χ0) is 32.2. The number of nitrogens with zero attached hydrogens (tertiary/aromatic N) is 5. The minimum absolute atomic E-state index is 0.00941. The van der Waals surface area contributed by atoms with Gasteiger partial charge in [0, 0.05) is 16.8 Å². The summed E-state index contributed by atoms with van der Waals surface area (Å²) in [6.07, 6.45) is -9.77. The monoisotopic (exact) mass is 632 g/mol. The molecule has 232 valence electrons. The number of amides is 2. The van der Waals surface area contributed by atoms with Crippen molar-refractivity contribution in [2.45, 2.75) is 19.3 Å². The van der Waals surface area contributed by atoms with Gasteiger partial charge in [-0.2, -0.15) is 10.3 Å². The highest BCUT2D eigenvalue weighted by molar-refractivity contribution is 6.04. The van der Waals surface area contributed by atoms with Crippen LogP contribution in [0, 0.1) is 0 Å². The number of alkyl halides is 6. The minimum atomic E-state index is -4.89. The summed E-state index contributed by atoms with van der Waals surface area (Å²) in [5, 5.41) is 22.3. The van der Waals surface area contributed by atoms with Gasteiger partial charge in [0.2, 0.25) is 0 Å². The molecule has 2 amide bonds. The van der Waals surface area contributed by atoms with Crippen LogP contribution in [0.25, 0.3) is 11.3 Å². The SMILES string of the molecule is O=C(Nc1nn[nH]n1)c1ccc(Cn2nc(-c3ccc(OC(F)(F)F)cc3)cc2C(=O)Nc2ccc(OC(F)(F)F)cc2)cc1. The lowest BCUT2D eigenvalue weighted by molar-refractivity contribution is -0.275. The Kier molecular flexibility index (Phi) is 8.37. The van der Waals surface area contributed by atoms with Crippen molar-refractivity contribution in [2.24, 2.45) is 0 Å². The summed E-state index contributed by atoms with van der Waals surface area (Å²) in [6.45, 7) is 0.0170. The van der Waals surface area contributed by atoms with Crippen LogP contribution in [-0.2, 0) is 6.54 Å². The van der Waals surface area contributed by atoms with Crippen molar-refractivity contribution in [1.82, 2.24) is 30.4 Å². The zero-order valence-corrected chi connectivity index (χ0v) is 22.3. The third kappa shape index (κ3) is 8.33. The fourth-order valence-electron chi connectivity index (χ4n) is 3.95. The van der Waals surface area contributed by atoms with E-state index in [2.05, 4.69) is 45.8 Å². The molecular formula is C27H18F6N8O4. The smallest absolute Gasteiger partial charge is 0.406 e. The Morgan fingerprint density at radius 3 is 1.93 bits per heavy atom. The molecule has 12 nitrogen and oxygen atoms in total. The topological polar surface area (TPSA) is 149 Å². The number of halogens is 6. The number of nitrogens with one attached hydrogen (secondary N) is 3. The third-order valence-corrected chi connectivity index (χ3v) is 5.86. The fraction of sp³-hybridized carbons (Fsp3) is 0.111. The van der Waals surface area contributed by atoms with E-state index >= 15 is 0 Å². The lowest BCUT2D eigenvalue weighted by Gasteiger charge is -2.11. The molecule has 3 N–H and O–H groups in total. The number of carbonyl (C=O) groups is 2. The second-order valence-electron chi connectivity index (χ2n) is 9.06. The molecule has 45 heavy (non-hydrogen) atoms. The van der Waals surface area contributed by atoms with Gasteiger partial charge < -0.3 is 14.8 Å². The van der Waals surface area contributed by atoms with Crippen molar-refractivity contribution in [2.75, 3.05) is 10.6 Å². The van der Waals surface area contributed by atoms with Crippen LogP contribution in [-0.4, -0.2) is 54.9 Å². The molecule has 0 radical (unpaired) electrons. The molecule has 0 spiro atoms. The number of rotatable bonds is 9. The van der Waals surface area contributed by atoms with Crippen molar-refractivity contribution in [1.29, 1.82) is 0 Å². The van der Waals surface area contributed by atoms with Crippen LogP contribution in [0.5, 0.6) is 11.5 Å². The molecule has 5 rings (SSSR count). The number of aromatic amines is 1. The number of tetrazole rings is 1. The number of H-pyrrole nitrogens is 1. The standard InChI is InChI=1S/C27H18F6N8O4/c28-26(29,30)44-19-9-5-16(6-10-19)21-13-22(24(43)34-18-7-11-20(12-8-18)45-27(31,32)33)41(38-21)14-15-1-3-17(4-2-15)23(42)35-25-36-39-40-37-25/h1-13H,14H2,(H,34,43)(H2,35,36,37,39,40,42). The molecule has 0 aliphatic carbocycles. The maximum Gasteiger partial charge on any atom is 0.573 e. The van der Waals surface area contributed by atoms with Crippen molar-refractivity contribution >= 4 is 23.5 Å². The molecular weight excluding hydrogens is 614 g/mol. The van der Waals surface area contributed by atoms with Gasteiger partial charge in [0.25, 0.3) is 17.8 Å². The van der Waals surface area contributed by atoms with E-state index in [0.29, 0.717) is 11.1 Å². The molecule has 0 aliphatic rings. The highest BCUT2D eigenvalue weighted by Crippen LogP contribution is 2.28. The Morgan fingerprint density at radius 1 is 0.778 bits per heavy atom. The first kappa shape index (κ1) is 30.5. The molecule has 18 heteroatoms. The second kappa shape index (κ2) is 12.3. The molecule has 5 aromatic rings. The van der Waals surface area contributed by atoms with E-state index in [1.807, 2.05) is 0 Å². The molecule has 2 heterocycles. The van der Waals surface area contributed by atoms with Gasteiger partial charge in [0.05, 0.1) is 12.2 Å². The number of benzene rings is 3. The Balaban J connectivity index is 1.38. The average Bonchev–Trinajstić information content (AvgIpc) is 3.63. The number of hydrogen-bond acceptors (Lipinski definition) is 8. The first-order valence-corrected chi connectivity index (χ1v) is 12.6. The maximum atomic E-state index is 13.3. The molecule has 0 unspecified atom stereocenters. The van der Waals surface area contributed by atoms with Gasteiger partial charge in [-0.3, -0.25) is 19.6 Å². The van der Waals surface area contributed by atoms with Crippen LogP contribution in [0.15, 0.2) is 78.9 Å². The summed E-state index contributed by atoms with van der Waals surface area (Å²) in [4.78, 5) is 25.7. The van der Waals surface area contributed by atoms with E-state index in [0.717, 1.165) is 24.3 Å². The van der Waals surface area contributed by atoms with Crippen LogP contribution in [0.1, 0.15) is 26.4 Å². The highest BCUT2D eigenvalue weighted by atomic mass is 19.4. The number of carbonyl (C=O) groups excluding carboxylic acids is 2. The number of ether oxygens (including phenoxy) is 2. The summed E-state index contributed by atoms with van der Waals surface area (Å²) in [5.41, 5.74) is 1.62. The van der Waals surface area contributed by atoms with E-state index < -0.39 is 36.0 Å². The Labute approximate surface area is 248 Å². The second-order valence-corrected chi connectivity index (χ2v) is 9.06. The first-order chi connectivity index (χ1) is 21.3. The van der Waals surface area contributed by atoms with Crippen LogP contribution in [0.2, 0.25) is 0 Å². The fourth-order valence-corrected chi connectivity index (χ4v) is 3.95. The largest absolute Gasteiger partial charge is 0.573 e. The number of aromatic nitrogens is 6. The van der Waals surface area contributed by atoms with Gasteiger partial charge in [-0.15, -0.1) is 31.4 Å².